The quantitative estimate of drug-likeness (QED) is 0.751. The number of nitrogens with two attached hydrogens (primary N) is 1. The number of hydrogen-bond acceptors (Lipinski definition) is 5. The summed E-state index contributed by atoms with van der Waals surface area (Å²) in [5.74, 6) is 0.774. The highest BCUT2D eigenvalue weighted by atomic mass is 32.2. The molecule has 1 aromatic rings. The Morgan fingerprint density at radius 1 is 1.28 bits per heavy atom. The highest BCUT2D eigenvalue weighted by Crippen LogP contribution is 2.12. The van der Waals surface area contributed by atoms with Gasteiger partial charge in [-0.2, -0.15) is 0 Å². The van der Waals surface area contributed by atoms with Crippen molar-refractivity contribution < 1.29 is 13.2 Å². The van der Waals surface area contributed by atoms with Crippen molar-refractivity contribution >= 4 is 15.7 Å². The molecule has 0 saturated carbocycles. The van der Waals surface area contributed by atoms with Crippen molar-refractivity contribution in [2.75, 3.05) is 31.1 Å². The maximum Gasteiger partial charge on any atom is 0.251 e. The van der Waals surface area contributed by atoms with Crippen molar-refractivity contribution in [1.82, 2.24) is 10.2 Å². The first-order valence-corrected chi connectivity index (χ1v) is 10.6. The summed E-state index contributed by atoms with van der Waals surface area (Å²) in [5, 5.41) is 3.00. The van der Waals surface area contributed by atoms with Crippen LogP contribution in [0.3, 0.4) is 0 Å². The van der Waals surface area contributed by atoms with Gasteiger partial charge in [-0.25, -0.2) is 8.42 Å². The Labute approximate surface area is 150 Å². The highest BCUT2D eigenvalue weighted by Gasteiger charge is 2.21. The van der Waals surface area contributed by atoms with E-state index in [1.807, 2.05) is 18.2 Å². The summed E-state index contributed by atoms with van der Waals surface area (Å²) < 4.78 is 23.0. The van der Waals surface area contributed by atoms with Crippen molar-refractivity contribution in [2.45, 2.75) is 32.9 Å². The molecule has 0 aliphatic carbocycles. The van der Waals surface area contributed by atoms with Gasteiger partial charge in [0.2, 0.25) is 0 Å². The Morgan fingerprint density at radius 2 is 1.96 bits per heavy atom. The van der Waals surface area contributed by atoms with E-state index in [0.717, 1.165) is 12.0 Å². The van der Waals surface area contributed by atoms with E-state index >= 15 is 0 Å². The number of nitrogens with one attached hydrogen (secondary N) is 1. The molecule has 0 radical (unpaired) electrons. The zero-order valence-electron chi connectivity index (χ0n) is 15.1. The molecule has 0 spiro atoms. The largest absolute Gasteiger partial charge is 0.348 e. The normalized spacial score (nSPS) is 18.9. The van der Waals surface area contributed by atoms with Gasteiger partial charge < -0.3 is 11.1 Å². The molecule has 1 aliphatic rings. The molecule has 1 amide bonds. The third-order valence-corrected chi connectivity index (χ3v) is 6.02. The molecule has 2 rings (SSSR count). The molecule has 1 aliphatic heterocycles. The van der Waals surface area contributed by atoms with Crippen molar-refractivity contribution in [2.24, 2.45) is 11.7 Å². The zero-order valence-corrected chi connectivity index (χ0v) is 15.9. The van der Waals surface area contributed by atoms with Crippen LogP contribution >= 0.6 is 0 Å². The number of carbonyl (C=O) groups is 1. The second-order valence-corrected chi connectivity index (χ2v) is 9.47. The van der Waals surface area contributed by atoms with E-state index in [0.29, 0.717) is 37.7 Å². The fourth-order valence-electron chi connectivity index (χ4n) is 3.03. The van der Waals surface area contributed by atoms with Crippen LogP contribution in [0.4, 0.5) is 0 Å². The van der Waals surface area contributed by atoms with Gasteiger partial charge in [-0.05, 0) is 30.0 Å². The van der Waals surface area contributed by atoms with Crippen LogP contribution in [0, 0.1) is 5.92 Å². The molecular formula is C18H29N3O3S. The summed E-state index contributed by atoms with van der Waals surface area (Å²) in [7, 11) is -2.87. The van der Waals surface area contributed by atoms with E-state index < -0.39 is 9.84 Å². The van der Waals surface area contributed by atoms with Gasteiger partial charge in [0.15, 0.2) is 9.84 Å². The van der Waals surface area contributed by atoms with Crippen LogP contribution in [0.15, 0.2) is 24.3 Å². The summed E-state index contributed by atoms with van der Waals surface area (Å²) in [6, 6.07) is 7.48. The van der Waals surface area contributed by atoms with Gasteiger partial charge in [0.1, 0.15) is 0 Å². The van der Waals surface area contributed by atoms with Gasteiger partial charge in [-0.15, -0.1) is 0 Å². The van der Waals surface area contributed by atoms with Gasteiger partial charge in [0.25, 0.3) is 5.91 Å². The SMILES string of the molecule is CC(C)CC(CN)NC(=O)c1cccc(CN2CCS(=O)(=O)CC2)c1. The Morgan fingerprint density at radius 3 is 2.56 bits per heavy atom. The fourth-order valence-corrected chi connectivity index (χ4v) is 4.31. The third kappa shape index (κ3) is 6.41. The maximum atomic E-state index is 12.5. The summed E-state index contributed by atoms with van der Waals surface area (Å²) >= 11 is 0. The lowest BCUT2D eigenvalue weighted by Gasteiger charge is -2.26. The first-order chi connectivity index (χ1) is 11.8. The van der Waals surface area contributed by atoms with Crippen molar-refractivity contribution in [3.05, 3.63) is 35.4 Å². The van der Waals surface area contributed by atoms with Gasteiger partial charge in [0, 0.05) is 37.8 Å². The lowest BCUT2D eigenvalue weighted by atomic mass is 10.0. The average Bonchev–Trinajstić information content (AvgIpc) is 2.56. The molecule has 0 aromatic heterocycles. The smallest absolute Gasteiger partial charge is 0.251 e. The van der Waals surface area contributed by atoms with E-state index in [-0.39, 0.29) is 23.5 Å². The van der Waals surface area contributed by atoms with Crippen LogP contribution in [0.1, 0.15) is 36.2 Å². The monoisotopic (exact) mass is 367 g/mol. The molecule has 1 saturated heterocycles. The van der Waals surface area contributed by atoms with E-state index in [2.05, 4.69) is 24.1 Å². The number of hydrogen-bond donors (Lipinski definition) is 2. The number of amides is 1. The van der Waals surface area contributed by atoms with E-state index in [1.165, 1.54) is 0 Å². The first kappa shape index (κ1) is 19.9. The first-order valence-electron chi connectivity index (χ1n) is 8.81. The summed E-state index contributed by atoms with van der Waals surface area (Å²) in [4.78, 5) is 14.6. The Balaban J connectivity index is 1.97. The molecule has 1 heterocycles. The van der Waals surface area contributed by atoms with Crippen molar-refractivity contribution in [3.8, 4) is 0 Å². The molecule has 140 valence electrons. The van der Waals surface area contributed by atoms with Gasteiger partial charge in [-0.3, -0.25) is 9.69 Å². The molecular weight excluding hydrogens is 338 g/mol. The molecule has 25 heavy (non-hydrogen) atoms. The van der Waals surface area contributed by atoms with E-state index in [4.69, 9.17) is 5.73 Å². The van der Waals surface area contributed by atoms with E-state index in [1.54, 1.807) is 6.07 Å². The topological polar surface area (TPSA) is 92.5 Å². The van der Waals surface area contributed by atoms with Crippen molar-refractivity contribution in [1.29, 1.82) is 0 Å². The molecule has 7 heteroatoms. The molecule has 6 nitrogen and oxygen atoms in total. The predicted molar refractivity (Wildman–Crippen MR) is 100 cm³/mol. The average molecular weight is 368 g/mol. The lowest BCUT2D eigenvalue weighted by molar-refractivity contribution is 0.0933. The summed E-state index contributed by atoms with van der Waals surface area (Å²) in [6.45, 7) is 6.38. The minimum absolute atomic E-state index is 0.0246. The predicted octanol–water partition coefficient (Wildman–Crippen LogP) is 1.02. The van der Waals surface area contributed by atoms with Gasteiger partial charge >= 0.3 is 0 Å². The highest BCUT2D eigenvalue weighted by molar-refractivity contribution is 7.91. The van der Waals surface area contributed by atoms with Crippen LogP contribution < -0.4 is 11.1 Å². The summed E-state index contributed by atoms with van der Waals surface area (Å²) in [6.07, 6.45) is 0.851. The summed E-state index contributed by atoms with van der Waals surface area (Å²) in [5.41, 5.74) is 7.38. The number of nitrogens with zero attached hydrogens (tertiary/aromatic N) is 1. The molecule has 3 N–H and O–H groups in total. The van der Waals surface area contributed by atoms with Crippen LogP contribution in [-0.4, -0.2) is 56.4 Å². The Kier molecular flexibility index (Phi) is 6.98. The molecule has 1 fully saturated rings. The fraction of sp³-hybridized carbons (Fsp3) is 0.611. The maximum absolute atomic E-state index is 12.5. The number of benzene rings is 1. The second kappa shape index (κ2) is 8.78. The Hall–Kier alpha value is -1.44. The molecule has 0 bridgehead atoms. The number of carbonyl (C=O) groups excluding carboxylic acids is 1. The minimum Gasteiger partial charge on any atom is -0.348 e. The molecule has 1 atom stereocenters. The Bertz CT molecular complexity index is 675. The van der Waals surface area contributed by atoms with Crippen LogP contribution in [0.2, 0.25) is 0 Å². The van der Waals surface area contributed by atoms with Crippen molar-refractivity contribution in [3.63, 3.8) is 0 Å². The van der Waals surface area contributed by atoms with Crippen LogP contribution in [0.25, 0.3) is 0 Å². The molecule has 1 unspecified atom stereocenters. The van der Waals surface area contributed by atoms with Gasteiger partial charge in [0.05, 0.1) is 11.5 Å². The standard InChI is InChI=1S/C18H29N3O3S/c1-14(2)10-17(12-19)20-18(22)16-5-3-4-15(11-16)13-21-6-8-25(23,24)9-7-21/h3-5,11,14,17H,6-10,12-13,19H2,1-2H3,(H,20,22). The lowest BCUT2D eigenvalue weighted by Crippen LogP contribution is -2.41. The van der Waals surface area contributed by atoms with Gasteiger partial charge in [-0.1, -0.05) is 26.0 Å². The minimum atomic E-state index is -2.87. The van der Waals surface area contributed by atoms with Crippen LogP contribution in [-0.2, 0) is 16.4 Å². The van der Waals surface area contributed by atoms with Crippen LogP contribution in [0.5, 0.6) is 0 Å². The molecule has 1 aromatic carbocycles. The third-order valence-electron chi connectivity index (χ3n) is 4.41. The second-order valence-electron chi connectivity index (χ2n) is 7.16. The number of rotatable bonds is 7. The zero-order chi connectivity index (χ0) is 18.4. The van der Waals surface area contributed by atoms with E-state index in [9.17, 15) is 13.2 Å². The number of sulfone groups is 1.